The lowest BCUT2D eigenvalue weighted by Gasteiger charge is -2.08. The molecule has 96 valence electrons. The zero-order valence-corrected chi connectivity index (χ0v) is 10.2. The quantitative estimate of drug-likeness (QED) is 0.777. The summed E-state index contributed by atoms with van der Waals surface area (Å²) in [5, 5.41) is 28.6. The highest BCUT2D eigenvalue weighted by molar-refractivity contribution is 5.90. The van der Waals surface area contributed by atoms with E-state index in [4.69, 9.17) is 5.11 Å². The van der Waals surface area contributed by atoms with Crippen LogP contribution < -0.4 is 0 Å². The van der Waals surface area contributed by atoms with Gasteiger partial charge in [0.25, 0.3) is 0 Å². The number of carboxylic acid groups (broad SMARTS) is 1. The lowest BCUT2D eigenvalue weighted by molar-refractivity contribution is -0.146. The van der Waals surface area contributed by atoms with E-state index in [1.165, 1.54) is 12.1 Å². The van der Waals surface area contributed by atoms with Gasteiger partial charge in [-0.2, -0.15) is 0 Å². The number of aromatic hydroxyl groups is 1. The predicted octanol–water partition coefficient (Wildman–Crippen LogP) is 2.05. The van der Waals surface area contributed by atoms with Gasteiger partial charge in [0.15, 0.2) is 6.10 Å². The lowest BCUT2D eigenvalue weighted by Crippen LogP contribution is -2.10. The fourth-order valence-electron chi connectivity index (χ4n) is 2.05. The molecule has 0 spiro atoms. The summed E-state index contributed by atoms with van der Waals surface area (Å²) in [5.41, 5.74) is 1.08. The second-order valence-corrected chi connectivity index (χ2v) is 4.53. The Hall–Kier alpha value is -2.01. The number of hydrogen-bond acceptors (Lipinski definition) is 3. The number of aliphatic carboxylic acids is 1. The fraction of sp³-hybridized carbons (Fsp3) is 0.308. The van der Waals surface area contributed by atoms with Crippen LogP contribution in [0, 0.1) is 0 Å². The van der Waals surface area contributed by atoms with E-state index in [-0.39, 0.29) is 11.8 Å². The summed E-state index contributed by atoms with van der Waals surface area (Å²) in [6.07, 6.45) is 0.0300. The Morgan fingerprint density at radius 3 is 2.56 bits per heavy atom. The highest BCUT2D eigenvalue weighted by Crippen LogP contribution is 2.31. The van der Waals surface area contributed by atoms with Crippen molar-refractivity contribution in [2.45, 2.75) is 26.0 Å². The molecule has 2 rings (SSSR count). The number of phenols is 1. The van der Waals surface area contributed by atoms with E-state index in [1.54, 1.807) is 12.3 Å². The van der Waals surface area contributed by atoms with Gasteiger partial charge in [0.05, 0.1) is 0 Å². The summed E-state index contributed by atoms with van der Waals surface area (Å²) >= 11 is 0. The van der Waals surface area contributed by atoms with E-state index in [0.717, 1.165) is 5.52 Å². The Labute approximate surface area is 104 Å². The molecular weight excluding hydrogens is 234 g/mol. The molecule has 18 heavy (non-hydrogen) atoms. The van der Waals surface area contributed by atoms with Crippen molar-refractivity contribution in [1.29, 1.82) is 0 Å². The minimum Gasteiger partial charge on any atom is -0.508 e. The van der Waals surface area contributed by atoms with E-state index >= 15 is 0 Å². The zero-order valence-electron chi connectivity index (χ0n) is 10.2. The number of fused-ring (bicyclic) bond motifs is 1. The van der Waals surface area contributed by atoms with Gasteiger partial charge in [0.1, 0.15) is 5.75 Å². The maximum absolute atomic E-state index is 10.9. The lowest BCUT2D eigenvalue weighted by atomic mass is 10.1. The second kappa shape index (κ2) is 4.34. The van der Waals surface area contributed by atoms with Gasteiger partial charge in [-0.1, -0.05) is 0 Å². The molecule has 2 aromatic rings. The first-order valence-electron chi connectivity index (χ1n) is 5.66. The Morgan fingerprint density at radius 2 is 2.00 bits per heavy atom. The van der Waals surface area contributed by atoms with Gasteiger partial charge in [-0.05, 0) is 32.0 Å². The molecule has 0 aliphatic carbocycles. The SMILES string of the molecule is CC(C)n1cc(C(O)C(=O)O)c2cc(O)ccc21. The molecule has 3 N–H and O–H groups in total. The van der Waals surface area contributed by atoms with Crippen LogP contribution in [0.4, 0.5) is 0 Å². The average Bonchev–Trinajstić information content (AvgIpc) is 2.66. The summed E-state index contributed by atoms with van der Waals surface area (Å²) in [7, 11) is 0. The molecule has 1 atom stereocenters. The van der Waals surface area contributed by atoms with Gasteiger partial charge < -0.3 is 19.9 Å². The summed E-state index contributed by atoms with van der Waals surface area (Å²) in [6, 6.07) is 4.85. The third-order valence-corrected chi connectivity index (χ3v) is 2.93. The maximum atomic E-state index is 10.9. The minimum atomic E-state index is -1.59. The topological polar surface area (TPSA) is 82.7 Å². The van der Waals surface area contributed by atoms with Crippen molar-refractivity contribution in [1.82, 2.24) is 4.57 Å². The number of phenolic OH excluding ortho intramolecular Hbond substituents is 1. The molecule has 0 fully saturated rings. The van der Waals surface area contributed by atoms with Crippen LogP contribution >= 0.6 is 0 Å². The first-order valence-corrected chi connectivity index (χ1v) is 5.66. The molecule has 1 unspecified atom stereocenters. The maximum Gasteiger partial charge on any atom is 0.337 e. The van der Waals surface area contributed by atoms with Gasteiger partial charge in [0, 0.05) is 28.7 Å². The highest BCUT2D eigenvalue weighted by Gasteiger charge is 2.22. The number of nitrogens with zero attached hydrogens (tertiary/aromatic N) is 1. The van der Waals surface area contributed by atoms with Crippen molar-refractivity contribution < 1.29 is 20.1 Å². The number of hydrogen-bond donors (Lipinski definition) is 3. The molecule has 5 heteroatoms. The van der Waals surface area contributed by atoms with Crippen LogP contribution in [0.5, 0.6) is 5.75 Å². The van der Waals surface area contributed by atoms with Crippen LogP contribution in [-0.4, -0.2) is 25.9 Å². The van der Waals surface area contributed by atoms with E-state index in [0.29, 0.717) is 10.9 Å². The zero-order chi connectivity index (χ0) is 13.4. The van der Waals surface area contributed by atoms with Crippen molar-refractivity contribution >= 4 is 16.9 Å². The molecule has 0 saturated carbocycles. The smallest absolute Gasteiger partial charge is 0.337 e. The van der Waals surface area contributed by atoms with Crippen molar-refractivity contribution in [3.8, 4) is 5.75 Å². The summed E-state index contributed by atoms with van der Waals surface area (Å²) in [6.45, 7) is 3.92. The number of carboxylic acids is 1. The van der Waals surface area contributed by atoms with Gasteiger partial charge in [-0.3, -0.25) is 0 Å². The van der Waals surface area contributed by atoms with Crippen LogP contribution in [0.25, 0.3) is 10.9 Å². The normalized spacial score (nSPS) is 13.1. The number of benzene rings is 1. The number of aliphatic hydroxyl groups excluding tert-OH is 1. The molecule has 5 nitrogen and oxygen atoms in total. The van der Waals surface area contributed by atoms with E-state index in [2.05, 4.69) is 0 Å². The molecule has 0 aliphatic rings. The molecule has 1 aromatic heterocycles. The standard InChI is InChI=1S/C13H15NO4/c1-7(2)14-6-10(12(16)13(17)18)9-5-8(15)3-4-11(9)14/h3-7,12,15-16H,1-2H3,(H,17,18). The average molecular weight is 249 g/mol. The van der Waals surface area contributed by atoms with Crippen LogP contribution in [0.2, 0.25) is 0 Å². The molecule has 0 aliphatic heterocycles. The van der Waals surface area contributed by atoms with E-state index in [1.807, 2.05) is 18.4 Å². The summed E-state index contributed by atoms with van der Waals surface area (Å²) in [4.78, 5) is 10.9. The van der Waals surface area contributed by atoms with Crippen molar-refractivity contribution in [3.05, 3.63) is 30.0 Å². The molecule has 0 amide bonds. The Morgan fingerprint density at radius 1 is 1.33 bits per heavy atom. The Kier molecular flexibility index (Phi) is 3.00. The fourth-order valence-corrected chi connectivity index (χ4v) is 2.05. The number of carbonyl (C=O) groups is 1. The van der Waals surface area contributed by atoms with Crippen molar-refractivity contribution in [2.24, 2.45) is 0 Å². The molecule has 0 saturated heterocycles. The van der Waals surface area contributed by atoms with Crippen molar-refractivity contribution in [2.75, 3.05) is 0 Å². The second-order valence-electron chi connectivity index (χ2n) is 4.53. The van der Waals surface area contributed by atoms with Crippen molar-refractivity contribution in [3.63, 3.8) is 0 Å². The largest absolute Gasteiger partial charge is 0.508 e. The number of aromatic nitrogens is 1. The van der Waals surface area contributed by atoms with Crippen LogP contribution in [-0.2, 0) is 4.79 Å². The predicted molar refractivity (Wildman–Crippen MR) is 66.6 cm³/mol. The van der Waals surface area contributed by atoms with Crippen LogP contribution in [0.3, 0.4) is 0 Å². The van der Waals surface area contributed by atoms with E-state index in [9.17, 15) is 15.0 Å². The third-order valence-electron chi connectivity index (χ3n) is 2.93. The number of aliphatic hydroxyl groups is 1. The molecule has 1 heterocycles. The summed E-state index contributed by atoms with van der Waals surface area (Å²) < 4.78 is 1.87. The first-order chi connectivity index (χ1) is 8.41. The van der Waals surface area contributed by atoms with Gasteiger partial charge in [-0.25, -0.2) is 4.79 Å². The molecule has 0 radical (unpaired) electrons. The summed E-state index contributed by atoms with van der Waals surface area (Å²) in [5.74, 6) is -1.26. The number of rotatable bonds is 3. The van der Waals surface area contributed by atoms with Crippen LogP contribution in [0.15, 0.2) is 24.4 Å². The van der Waals surface area contributed by atoms with Gasteiger partial charge in [-0.15, -0.1) is 0 Å². The highest BCUT2D eigenvalue weighted by atomic mass is 16.4. The van der Waals surface area contributed by atoms with E-state index < -0.39 is 12.1 Å². The molecular formula is C13H15NO4. The monoisotopic (exact) mass is 249 g/mol. The molecule has 0 bridgehead atoms. The third kappa shape index (κ3) is 1.93. The minimum absolute atomic E-state index is 0.0443. The Balaban J connectivity index is 2.73. The van der Waals surface area contributed by atoms with Gasteiger partial charge >= 0.3 is 5.97 Å². The van der Waals surface area contributed by atoms with Gasteiger partial charge in [0.2, 0.25) is 0 Å². The van der Waals surface area contributed by atoms with Crippen LogP contribution in [0.1, 0.15) is 31.6 Å². The first kappa shape index (κ1) is 12.4. The molecule has 1 aromatic carbocycles. The Bertz CT molecular complexity index is 600.